The van der Waals surface area contributed by atoms with Crippen molar-refractivity contribution in [1.29, 1.82) is 0 Å². The summed E-state index contributed by atoms with van der Waals surface area (Å²) >= 11 is 0. The summed E-state index contributed by atoms with van der Waals surface area (Å²) in [5, 5.41) is 9.29. The monoisotopic (exact) mass is 364 g/mol. The van der Waals surface area contributed by atoms with Gasteiger partial charge in [0.05, 0.1) is 20.8 Å². The summed E-state index contributed by atoms with van der Waals surface area (Å²) in [7, 11) is 3.15. The highest BCUT2D eigenvalue weighted by Crippen LogP contribution is 2.30. The lowest BCUT2D eigenvalue weighted by Gasteiger charge is -2.29. The van der Waals surface area contributed by atoms with Gasteiger partial charge in [0, 0.05) is 19.1 Å². The second-order valence-corrected chi connectivity index (χ2v) is 6.51. The highest BCUT2D eigenvalue weighted by Gasteiger charge is 2.36. The number of carbonyl (C=O) groups excluding carboxylic acids is 1. The molecular formula is C19H28N2O5. The molecule has 26 heavy (non-hydrogen) atoms. The zero-order chi connectivity index (χ0) is 19.3. The van der Waals surface area contributed by atoms with Gasteiger partial charge in [-0.1, -0.05) is 6.07 Å². The number of benzene rings is 1. The number of ether oxygens (including phenoxy) is 2. The maximum atomic E-state index is 12.8. The number of likely N-dealkylation sites (N-methyl/N-ethyl adjacent to an activating group) is 1. The molecule has 0 spiro atoms. The fourth-order valence-electron chi connectivity index (χ4n) is 2.96. The van der Waals surface area contributed by atoms with Crippen molar-refractivity contribution in [3.05, 3.63) is 23.8 Å². The summed E-state index contributed by atoms with van der Waals surface area (Å²) in [6.07, 6.45) is 1.90. The van der Waals surface area contributed by atoms with Crippen molar-refractivity contribution < 1.29 is 24.2 Å². The molecule has 0 saturated heterocycles. The molecule has 0 radical (unpaired) electrons. The smallest absolute Gasteiger partial charge is 0.320 e. The highest BCUT2D eigenvalue weighted by molar-refractivity contribution is 5.80. The molecule has 144 valence electrons. The summed E-state index contributed by atoms with van der Waals surface area (Å²) in [4.78, 5) is 27.6. The minimum absolute atomic E-state index is 0.0673. The molecule has 1 unspecified atom stereocenters. The fourth-order valence-corrected chi connectivity index (χ4v) is 2.96. The minimum atomic E-state index is -0.896. The molecule has 0 aliphatic heterocycles. The molecule has 2 rings (SSSR count). The van der Waals surface area contributed by atoms with Crippen LogP contribution in [0.3, 0.4) is 0 Å². The predicted octanol–water partition coefficient (Wildman–Crippen LogP) is 1.99. The van der Waals surface area contributed by atoms with E-state index in [0.717, 1.165) is 18.4 Å². The lowest BCUT2D eigenvalue weighted by molar-refractivity contribution is -0.144. The standard InChI is InChI=1S/C19H28N2O5/c1-5-20(11-14-6-9-16(25-3)17(10-14)26-4)18(22)12-21(15-7-8-15)13(2)19(23)24/h6,9-10,13,15H,5,7-8,11-12H2,1-4H3,(H,23,24). The Kier molecular flexibility index (Phi) is 6.85. The van der Waals surface area contributed by atoms with Crippen LogP contribution in [0.25, 0.3) is 0 Å². The Balaban J connectivity index is 2.07. The molecule has 1 fully saturated rings. The van der Waals surface area contributed by atoms with Gasteiger partial charge in [-0.3, -0.25) is 14.5 Å². The van der Waals surface area contributed by atoms with Crippen LogP contribution in [0.15, 0.2) is 18.2 Å². The van der Waals surface area contributed by atoms with Crippen molar-refractivity contribution in [1.82, 2.24) is 9.80 Å². The average molecular weight is 364 g/mol. The van der Waals surface area contributed by atoms with E-state index < -0.39 is 12.0 Å². The van der Waals surface area contributed by atoms with Crippen LogP contribution in [-0.2, 0) is 16.1 Å². The van der Waals surface area contributed by atoms with Crippen molar-refractivity contribution in [2.24, 2.45) is 0 Å². The first-order chi connectivity index (χ1) is 12.4. The number of aliphatic carboxylic acids is 1. The van der Waals surface area contributed by atoms with Crippen LogP contribution in [-0.4, -0.2) is 66.2 Å². The molecule has 0 heterocycles. The van der Waals surface area contributed by atoms with Gasteiger partial charge in [-0.15, -0.1) is 0 Å². The fraction of sp³-hybridized carbons (Fsp3) is 0.579. The average Bonchev–Trinajstić information content (AvgIpc) is 3.47. The Morgan fingerprint density at radius 2 is 1.88 bits per heavy atom. The highest BCUT2D eigenvalue weighted by atomic mass is 16.5. The lowest BCUT2D eigenvalue weighted by Crippen LogP contribution is -2.47. The van der Waals surface area contributed by atoms with Crippen LogP contribution >= 0.6 is 0 Å². The Bertz CT molecular complexity index is 645. The van der Waals surface area contributed by atoms with Gasteiger partial charge in [0.25, 0.3) is 0 Å². The maximum absolute atomic E-state index is 12.8. The van der Waals surface area contributed by atoms with Crippen LogP contribution in [0.2, 0.25) is 0 Å². The Morgan fingerprint density at radius 3 is 2.38 bits per heavy atom. The van der Waals surface area contributed by atoms with Crippen LogP contribution in [0.4, 0.5) is 0 Å². The Morgan fingerprint density at radius 1 is 1.23 bits per heavy atom. The maximum Gasteiger partial charge on any atom is 0.320 e. The molecule has 1 aliphatic rings. The van der Waals surface area contributed by atoms with Crippen LogP contribution < -0.4 is 9.47 Å². The molecule has 1 aromatic carbocycles. The Hall–Kier alpha value is -2.28. The van der Waals surface area contributed by atoms with E-state index in [-0.39, 0.29) is 18.5 Å². The minimum Gasteiger partial charge on any atom is -0.493 e. The van der Waals surface area contributed by atoms with Gasteiger partial charge in [0.2, 0.25) is 5.91 Å². The number of methoxy groups -OCH3 is 2. The summed E-state index contributed by atoms with van der Waals surface area (Å²) in [6, 6.07) is 5.11. The zero-order valence-corrected chi connectivity index (χ0v) is 15.9. The third-order valence-corrected chi connectivity index (χ3v) is 4.74. The number of carboxylic acid groups (broad SMARTS) is 1. The van der Waals surface area contributed by atoms with E-state index in [9.17, 15) is 14.7 Å². The molecule has 1 N–H and O–H groups in total. The second kappa shape index (κ2) is 8.89. The van der Waals surface area contributed by atoms with E-state index in [1.807, 2.05) is 25.1 Å². The van der Waals surface area contributed by atoms with Crippen molar-refractivity contribution in [3.63, 3.8) is 0 Å². The van der Waals surface area contributed by atoms with Crippen LogP contribution in [0.1, 0.15) is 32.3 Å². The van der Waals surface area contributed by atoms with Crippen molar-refractivity contribution >= 4 is 11.9 Å². The Labute approximate surface area is 154 Å². The first-order valence-corrected chi connectivity index (χ1v) is 8.88. The normalized spacial score (nSPS) is 14.8. The third-order valence-electron chi connectivity index (χ3n) is 4.74. The number of carbonyl (C=O) groups is 2. The van der Waals surface area contributed by atoms with Crippen LogP contribution in [0, 0.1) is 0 Å². The topological polar surface area (TPSA) is 79.3 Å². The largest absolute Gasteiger partial charge is 0.493 e. The summed E-state index contributed by atoms with van der Waals surface area (Å²) < 4.78 is 10.5. The van der Waals surface area contributed by atoms with Gasteiger partial charge < -0.3 is 19.5 Å². The van der Waals surface area contributed by atoms with E-state index in [0.29, 0.717) is 24.6 Å². The van der Waals surface area contributed by atoms with E-state index in [1.54, 1.807) is 30.9 Å². The van der Waals surface area contributed by atoms with E-state index in [1.165, 1.54) is 0 Å². The van der Waals surface area contributed by atoms with E-state index in [4.69, 9.17) is 9.47 Å². The second-order valence-electron chi connectivity index (χ2n) is 6.51. The van der Waals surface area contributed by atoms with E-state index >= 15 is 0 Å². The van der Waals surface area contributed by atoms with Crippen molar-refractivity contribution in [2.45, 2.75) is 45.3 Å². The number of hydrogen-bond acceptors (Lipinski definition) is 5. The molecule has 1 atom stereocenters. The molecule has 0 bridgehead atoms. The molecule has 1 aliphatic carbocycles. The van der Waals surface area contributed by atoms with Crippen molar-refractivity contribution in [3.8, 4) is 11.5 Å². The lowest BCUT2D eigenvalue weighted by atomic mass is 10.1. The van der Waals surface area contributed by atoms with E-state index in [2.05, 4.69) is 0 Å². The number of hydrogen-bond donors (Lipinski definition) is 1. The molecular weight excluding hydrogens is 336 g/mol. The van der Waals surface area contributed by atoms with Gasteiger partial charge in [-0.2, -0.15) is 0 Å². The quantitative estimate of drug-likeness (QED) is 0.684. The summed E-state index contributed by atoms with van der Waals surface area (Å²) in [6.45, 7) is 4.67. The summed E-state index contributed by atoms with van der Waals surface area (Å²) in [5.41, 5.74) is 0.933. The van der Waals surface area contributed by atoms with Gasteiger partial charge in [0.15, 0.2) is 11.5 Å². The molecule has 0 aromatic heterocycles. The van der Waals surface area contributed by atoms with Gasteiger partial charge in [-0.05, 0) is 44.4 Å². The van der Waals surface area contributed by atoms with Gasteiger partial charge in [-0.25, -0.2) is 0 Å². The number of rotatable bonds is 10. The van der Waals surface area contributed by atoms with Crippen molar-refractivity contribution in [2.75, 3.05) is 27.3 Å². The molecule has 1 amide bonds. The molecule has 7 heteroatoms. The predicted molar refractivity (Wildman–Crippen MR) is 97.5 cm³/mol. The number of nitrogens with zero attached hydrogens (tertiary/aromatic N) is 2. The number of amides is 1. The number of carboxylic acids is 1. The SMILES string of the molecule is CCN(Cc1ccc(OC)c(OC)c1)C(=O)CN(C1CC1)C(C)C(=O)O. The first kappa shape index (κ1) is 20.0. The third kappa shape index (κ3) is 4.88. The molecule has 1 saturated carbocycles. The zero-order valence-electron chi connectivity index (χ0n) is 15.9. The van der Waals surface area contributed by atoms with Gasteiger partial charge >= 0.3 is 5.97 Å². The van der Waals surface area contributed by atoms with Gasteiger partial charge in [0.1, 0.15) is 6.04 Å². The van der Waals surface area contributed by atoms with Crippen LogP contribution in [0.5, 0.6) is 11.5 Å². The first-order valence-electron chi connectivity index (χ1n) is 8.88. The molecule has 1 aromatic rings. The summed E-state index contributed by atoms with van der Waals surface area (Å²) in [5.74, 6) is 0.295. The molecule has 7 nitrogen and oxygen atoms in total.